The Hall–Kier alpha value is -2.89. The van der Waals surface area contributed by atoms with Crippen LogP contribution in [0.3, 0.4) is 0 Å². The highest BCUT2D eigenvalue weighted by Gasteiger charge is 2.20. The summed E-state index contributed by atoms with van der Waals surface area (Å²) in [6.45, 7) is 1.77. The molecule has 0 fully saturated rings. The summed E-state index contributed by atoms with van der Waals surface area (Å²) in [5, 5.41) is 2.66. The monoisotopic (exact) mass is 316 g/mol. The van der Waals surface area contributed by atoms with Crippen molar-refractivity contribution in [3.05, 3.63) is 59.9 Å². The molecule has 2 aromatic rings. The van der Waals surface area contributed by atoms with E-state index >= 15 is 0 Å². The number of para-hydroxylation sites is 1. The zero-order valence-corrected chi connectivity index (χ0v) is 12.6. The van der Waals surface area contributed by atoms with Gasteiger partial charge in [0, 0.05) is 11.3 Å². The fraction of sp³-hybridized carbons (Fsp3) is 0.176. The van der Waals surface area contributed by atoms with Crippen molar-refractivity contribution >= 4 is 17.5 Å². The number of benzene rings is 2. The van der Waals surface area contributed by atoms with Gasteiger partial charge in [-0.25, -0.2) is 4.39 Å². The van der Waals surface area contributed by atoms with E-state index in [0.717, 1.165) is 0 Å². The maximum absolute atomic E-state index is 13.6. The zero-order chi connectivity index (χ0) is 16.8. The van der Waals surface area contributed by atoms with Crippen LogP contribution >= 0.6 is 0 Å². The number of primary amides is 1. The van der Waals surface area contributed by atoms with Gasteiger partial charge in [0.15, 0.2) is 17.7 Å². The summed E-state index contributed by atoms with van der Waals surface area (Å²) in [6, 6.07) is 12.1. The zero-order valence-electron chi connectivity index (χ0n) is 12.6. The molecule has 0 saturated carbocycles. The minimum absolute atomic E-state index is 0.0265. The van der Waals surface area contributed by atoms with E-state index in [4.69, 9.17) is 10.5 Å². The van der Waals surface area contributed by atoms with E-state index in [1.54, 1.807) is 31.2 Å². The first-order valence-corrected chi connectivity index (χ1v) is 7.13. The molecule has 0 bridgehead atoms. The molecule has 1 atom stereocenters. The quantitative estimate of drug-likeness (QED) is 0.859. The summed E-state index contributed by atoms with van der Waals surface area (Å²) in [4.78, 5) is 23.2. The number of rotatable bonds is 6. The van der Waals surface area contributed by atoms with E-state index in [1.807, 2.05) is 0 Å². The molecule has 0 aliphatic heterocycles. The normalized spacial score (nSPS) is 11.6. The Morgan fingerprint density at radius 1 is 1.17 bits per heavy atom. The maximum atomic E-state index is 13.6. The number of carbonyl (C=O) groups is 2. The van der Waals surface area contributed by atoms with Crippen LogP contribution in [0.25, 0.3) is 0 Å². The van der Waals surface area contributed by atoms with Crippen molar-refractivity contribution < 1.29 is 18.7 Å². The van der Waals surface area contributed by atoms with Crippen molar-refractivity contribution in [2.45, 2.75) is 19.4 Å². The molecular weight excluding hydrogens is 299 g/mol. The fourth-order valence-corrected chi connectivity index (χ4v) is 1.96. The van der Waals surface area contributed by atoms with Crippen LogP contribution in [0, 0.1) is 5.82 Å². The average molecular weight is 316 g/mol. The van der Waals surface area contributed by atoms with Gasteiger partial charge < -0.3 is 15.8 Å². The molecule has 2 rings (SSSR count). The van der Waals surface area contributed by atoms with Crippen LogP contribution < -0.4 is 15.8 Å². The Morgan fingerprint density at radius 2 is 1.83 bits per heavy atom. The van der Waals surface area contributed by atoms with Gasteiger partial charge in [-0.05, 0) is 42.8 Å². The van der Waals surface area contributed by atoms with Gasteiger partial charge in [0.05, 0.1) is 0 Å². The van der Waals surface area contributed by atoms with E-state index in [-0.39, 0.29) is 5.75 Å². The highest BCUT2D eigenvalue weighted by Crippen LogP contribution is 2.19. The smallest absolute Gasteiger partial charge is 0.265 e. The molecule has 0 spiro atoms. The molecule has 3 N–H and O–H groups in total. The summed E-state index contributed by atoms with van der Waals surface area (Å²) in [7, 11) is 0. The van der Waals surface area contributed by atoms with Crippen molar-refractivity contribution in [2.24, 2.45) is 5.73 Å². The molecule has 120 valence electrons. The van der Waals surface area contributed by atoms with Gasteiger partial charge in [-0.2, -0.15) is 0 Å². The molecule has 5 nitrogen and oxygen atoms in total. The summed E-state index contributed by atoms with van der Waals surface area (Å²) >= 11 is 0. The lowest BCUT2D eigenvalue weighted by atomic mass is 10.2. The number of amides is 2. The first-order valence-electron chi connectivity index (χ1n) is 7.13. The van der Waals surface area contributed by atoms with Crippen LogP contribution in [0.2, 0.25) is 0 Å². The van der Waals surface area contributed by atoms with Crippen LogP contribution in [0.4, 0.5) is 10.1 Å². The Morgan fingerprint density at radius 3 is 2.39 bits per heavy atom. The number of ether oxygens (including phenoxy) is 1. The second-order valence-corrected chi connectivity index (χ2v) is 4.88. The number of nitrogens with one attached hydrogen (secondary N) is 1. The second-order valence-electron chi connectivity index (χ2n) is 4.88. The van der Waals surface area contributed by atoms with Gasteiger partial charge in [-0.3, -0.25) is 9.59 Å². The number of halogens is 1. The van der Waals surface area contributed by atoms with Crippen LogP contribution in [0.5, 0.6) is 5.75 Å². The standard InChI is InChI=1S/C17H17FN2O3/c1-2-14(23-15-6-4-3-5-13(15)18)17(22)20-12-9-7-11(8-10-12)16(19)21/h3-10,14H,2H2,1H3,(H2,19,21)(H,20,22)/t14-/m1/s1. The molecule has 0 unspecified atom stereocenters. The summed E-state index contributed by atoms with van der Waals surface area (Å²) in [6.07, 6.45) is -0.456. The molecule has 2 amide bonds. The van der Waals surface area contributed by atoms with Gasteiger partial charge in [-0.15, -0.1) is 0 Å². The molecular formula is C17H17FN2O3. The lowest BCUT2D eigenvalue weighted by Gasteiger charge is -2.17. The Balaban J connectivity index is 2.05. The molecule has 0 radical (unpaired) electrons. The first-order chi connectivity index (χ1) is 11.0. The van der Waals surface area contributed by atoms with Gasteiger partial charge in [-0.1, -0.05) is 19.1 Å². The molecule has 6 heteroatoms. The Kier molecular flexibility index (Phi) is 5.30. The van der Waals surface area contributed by atoms with Crippen LogP contribution in [0.15, 0.2) is 48.5 Å². The number of anilines is 1. The largest absolute Gasteiger partial charge is 0.478 e. The molecule has 0 aromatic heterocycles. The lowest BCUT2D eigenvalue weighted by molar-refractivity contribution is -0.122. The predicted molar refractivity (Wildman–Crippen MR) is 84.7 cm³/mol. The van der Waals surface area contributed by atoms with Gasteiger partial charge in [0.1, 0.15) is 0 Å². The van der Waals surface area contributed by atoms with E-state index in [9.17, 15) is 14.0 Å². The van der Waals surface area contributed by atoms with Crippen molar-refractivity contribution in [1.82, 2.24) is 0 Å². The van der Waals surface area contributed by atoms with E-state index in [1.165, 1.54) is 24.3 Å². The molecule has 0 aliphatic rings. The van der Waals surface area contributed by atoms with Gasteiger partial charge >= 0.3 is 0 Å². The van der Waals surface area contributed by atoms with Crippen LogP contribution in [-0.4, -0.2) is 17.9 Å². The number of nitrogens with two attached hydrogens (primary N) is 1. The van der Waals surface area contributed by atoms with Crippen molar-refractivity contribution in [3.8, 4) is 5.75 Å². The molecule has 0 aliphatic carbocycles. The van der Waals surface area contributed by atoms with Crippen molar-refractivity contribution in [3.63, 3.8) is 0 Å². The highest BCUT2D eigenvalue weighted by molar-refractivity contribution is 5.96. The average Bonchev–Trinajstić information content (AvgIpc) is 2.54. The Labute approximate surface area is 133 Å². The molecule has 2 aromatic carbocycles. The fourth-order valence-electron chi connectivity index (χ4n) is 1.96. The third kappa shape index (κ3) is 4.29. The van der Waals surface area contributed by atoms with Gasteiger partial charge in [0.2, 0.25) is 5.91 Å². The predicted octanol–water partition coefficient (Wildman–Crippen LogP) is 2.72. The van der Waals surface area contributed by atoms with Crippen LogP contribution in [-0.2, 0) is 4.79 Å². The second kappa shape index (κ2) is 7.40. The first kappa shape index (κ1) is 16.5. The summed E-state index contributed by atoms with van der Waals surface area (Å²) in [5.41, 5.74) is 5.99. The van der Waals surface area contributed by atoms with E-state index < -0.39 is 23.7 Å². The number of carbonyl (C=O) groups excluding carboxylic acids is 2. The number of hydrogen-bond acceptors (Lipinski definition) is 3. The van der Waals surface area contributed by atoms with Crippen LogP contribution in [0.1, 0.15) is 23.7 Å². The SMILES string of the molecule is CC[C@@H](Oc1ccccc1F)C(=O)Nc1ccc(C(N)=O)cc1. The molecule has 0 saturated heterocycles. The molecule has 23 heavy (non-hydrogen) atoms. The molecule has 0 heterocycles. The van der Waals surface area contributed by atoms with E-state index in [2.05, 4.69) is 5.32 Å². The minimum Gasteiger partial charge on any atom is -0.478 e. The third-order valence-corrected chi connectivity index (χ3v) is 3.21. The van der Waals surface area contributed by atoms with Gasteiger partial charge in [0.25, 0.3) is 5.91 Å². The van der Waals surface area contributed by atoms with Crippen molar-refractivity contribution in [1.29, 1.82) is 0 Å². The Bertz CT molecular complexity index is 701. The topological polar surface area (TPSA) is 81.4 Å². The highest BCUT2D eigenvalue weighted by atomic mass is 19.1. The van der Waals surface area contributed by atoms with E-state index in [0.29, 0.717) is 17.7 Å². The third-order valence-electron chi connectivity index (χ3n) is 3.21. The summed E-state index contributed by atoms with van der Waals surface area (Å²) in [5.74, 6) is -1.44. The minimum atomic E-state index is -0.831. The summed E-state index contributed by atoms with van der Waals surface area (Å²) < 4.78 is 19.0. The maximum Gasteiger partial charge on any atom is 0.265 e. The lowest BCUT2D eigenvalue weighted by Crippen LogP contribution is -2.32. The van der Waals surface area contributed by atoms with Crippen molar-refractivity contribution in [2.75, 3.05) is 5.32 Å². The number of hydrogen-bond donors (Lipinski definition) is 2.